The third-order valence-electron chi connectivity index (χ3n) is 5.93. The zero-order valence-corrected chi connectivity index (χ0v) is 16.9. The first-order valence-corrected chi connectivity index (χ1v) is 10.2. The average molecular weight is 405 g/mol. The van der Waals surface area contributed by atoms with E-state index in [4.69, 9.17) is 0 Å². The first-order chi connectivity index (χ1) is 14.6. The molecule has 0 unspecified atom stereocenters. The van der Waals surface area contributed by atoms with Crippen LogP contribution in [0.4, 0.5) is 11.5 Å². The van der Waals surface area contributed by atoms with Gasteiger partial charge in [0.15, 0.2) is 5.65 Å². The van der Waals surface area contributed by atoms with Crippen LogP contribution in [0.1, 0.15) is 12.0 Å². The van der Waals surface area contributed by atoms with E-state index in [0.717, 1.165) is 34.5 Å². The summed E-state index contributed by atoms with van der Waals surface area (Å²) in [6.45, 7) is 2.63. The van der Waals surface area contributed by atoms with Crippen molar-refractivity contribution in [2.24, 2.45) is 7.05 Å². The quantitative estimate of drug-likeness (QED) is 0.646. The van der Waals surface area contributed by atoms with Crippen molar-refractivity contribution in [2.75, 3.05) is 42.5 Å². The van der Waals surface area contributed by atoms with Crippen molar-refractivity contribution in [3.05, 3.63) is 42.4 Å². The van der Waals surface area contributed by atoms with Crippen LogP contribution in [0.25, 0.3) is 11.0 Å². The van der Waals surface area contributed by atoms with Crippen molar-refractivity contribution < 1.29 is 9.59 Å². The third kappa shape index (κ3) is 3.16. The van der Waals surface area contributed by atoms with Crippen LogP contribution in [0.3, 0.4) is 0 Å². The summed E-state index contributed by atoms with van der Waals surface area (Å²) >= 11 is 0. The molecular weight excluding hydrogens is 382 g/mol. The predicted octanol–water partition coefficient (Wildman–Crippen LogP) is 0.991. The zero-order chi connectivity index (χ0) is 20.7. The number of piperazine rings is 1. The van der Waals surface area contributed by atoms with Crippen molar-refractivity contribution in [3.8, 4) is 0 Å². The van der Waals surface area contributed by atoms with Crippen molar-refractivity contribution >= 4 is 34.4 Å². The van der Waals surface area contributed by atoms with E-state index >= 15 is 0 Å². The van der Waals surface area contributed by atoms with Gasteiger partial charge in [0.1, 0.15) is 18.7 Å². The van der Waals surface area contributed by atoms with E-state index in [1.54, 1.807) is 22.1 Å². The molecule has 0 bridgehead atoms. The summed E-state index contributed by atoms with van der Waals surface area (Å²) in [5.41, 5.74) is 2.78. The highest BCUT2D eigenvalue weighted by molar-refractivity contribution is 6.01. The Morgan fingerprint density at radius 2 is 1.87 bits per heavy atom. The molecule has 1 aromatic carbocycles. The third-order valence-corrected chi connectivity index (χ3v) is 5.93. The van der Waals surface area contributed by atoms with Crippen LogP contribution in [0.2, 0.25) is 0 Å². The van der Waals surface area contributed by atoms with Gasteiger partial charge in [0.25, 0.3) is 0 Å². The highest BCUT2D eigenvalue weighted by atomic mass is 16.2. The van der Waals surface area contributed by atoms with Gasteiger partial charge in [-0.15, -0.1) is 0 Å². The molecule has 9 heteroatoms. The van der Waals surface area contributed by atoms with E-state index < -0.39 is 0 Å². The van der Waals surface area contributed by atoms with E-state index in [2.05, 4.69) is 20.0 Å². The van der Waals surface area contributed by atoms with Crippen LogP contribution in [-0.4, -0.2) is 69.2 Å². The van der Waals surface area contributed by atoms with Gasteiger partial charge in [0.2, 0.25) is 11.8 Å². The lowest BCUT2D eigenvalue weighted by molar-refractivity contribution is -0.131. The molecule has 5 rings (SSSR count). The molecule has 154 valence electrons. The number of hydrogen-bond acceptors (Lipinski definition) is 6. The molecule has 0 N–H and O–H groups in total. The second kappa shape index (κ2) is 7.40. The minimum Gasteiger partial charge on any atom is -0.352 e. The largest absolute Gasteiger partial charge is 0.352 e. The monoisotopic (exact) mass is 405 g/mol. The topological polar surface area (TPSA) is 87.5 Å². The summed E-state index contributed by atoms with van der Waals surface area (Å²) in [6.07, 6.45) is 4.52. The molecule has 0 saturated carbocycles. The first kappa shape index (κ1) is 18.5. The van der Waals surface area contributed by atoms with Gasteiger partial charge in [-0.2, -0.15) is 5.10 Å². The van der Waals surface area contributed by atoms with Crippen LogP contribution < -0.4 is 9.80 Å². The summed E-state index contributed by atoms with van der Waals surface area (Å²) in [7, 11) is 1.86. The van der Waals surface area contributed by atoms with Crippen LogP contribution in [0.5, 0.6) is 0 Å². The summed E-state index contributed by atoms with van der Waals surface area (Å²) in [6, 6.07) is 7.83. The van der Waals surface area contributed by atoms with Crippen LogP contribution in [0, 0.1) is 0 Å². The maximum atomic E-state index is 13.0. The minimum absolute atomic E-state index is 0.0145. The Morgan fingerprint density at radius 1 is 1.07 bits per heavy atom. The average Bonchev–Trinajstić information content (AvgIpc) is 3.17. The predicted molar refractivity (Wildman–Crippen MR) is 112 cm³/mol. The van der Waals surface area contributed by atoms with E-state index in [9.17, 15) is 9.59 Å². The number of aromatic nitrogens is 4. The van der Waals surface area contributed by atoms with Gasteiger partial charge in [-0.05, 0) is 18.1 Å². The molecule has 2 aromatic heterocycles. The molecule has 30 heavy (non-hydrogen) atoms. The lowest BCUT2D eigenvalue weighted by Gasteiger charge is -2.37. The zero-order valence-electron chi connectivity index (χ0n) is 16.9. The van der Waals surface area contributed by atoms with Gasteiger partial charge in [0, 0.05) is 45.3 Å². The number of nitrogens with zero attached hydrogens (tertiary/aromatic N) is 7. The molecule has 0 aliphatic carbocycles. The summed E-state index contributed by atoms with van der Waals surface area (Å²) < 4.78 is 1.73. The van der Waals surface area contributed by atoms with Crippen molar-refractivity contribution in [1.29, 1.82) is 0 Å². The van der Waals surface area contributed by atoms with Crippen molar-refractivity contribution in [2.45, 2.75) is 12.8 Å². The summed E-state index contributed by atoms with van der Waals surface area (Å²) in [5.74, 6) is 0.842. The standard InChI is InChI=1S/C21H23N7O2/c1-25-20-16(12-24-25)21(23-14-22-20)27-10-8-26(9-11-27)19(30)13-28-17-5-3-2-4-15(17)6-7-18(28)29/h2-5,12,14H,6-11,13H2,1H3. The van der Waals surface area contributed by atoms with Gasteiger partial charge in [0.05, 0.1) is 11.6 Å². The fourth-order valence-corrected chi connectivity index (χ4v) is 4.27. The maximum absolute atomic E-state index is 13.0. The van der Waals surface area contributed by atoms with Gasteiger partial charge < -0.3 is 14.7 Å². The highest BCUT2D eigenvalue weighted by Gasteiger charge is 2.29. The molecule has 1 fully saturated rings. The van der Waals surface area contributed by atoms with Crippen LogP contribution in [0.15, 0.2) is 36.8 Å². The number of carbonyl (C=O) groups excluding carboxylic acids is 2. The van der Waals surface area contributed by atoms with E-state index in [0.29, 0.717) is 32.6 Å². The molecule has 0 radical (unpaired) electrons. The number of carbonyl (C=O) groups is 2. The fraction of sp³-hybridized carbons (Fsp3) is 0.381. The number of hydrogen-bond donors (Lipinski definition) is 0. The molecule has 3 aromatic rings. The molecule has 4 heterocycles. The maximum Gasteiger partial charge on any atom is 0.242 e. The van der Waals surface area contributed by atoms with Gasteiger partial charge in [-0.3, -0.25) is 14.3 Å². The molecule has 2 amide bonds. The number of anilines is 2. The highest BCUT2D eigenvalue weighted by Crippen LogP contribution is 2.28. The van der Waals surface area contributed by atoms with Crippen LogP contribution >= 0.6 is 0 Å². The van der Waals surface area contributed by atoms with Crippen molar-refractivity contribution in [1.82, 2.24) is 24.6 Å². The Labute approximate surface area is 173 Å². The van der Waals surface area contributed by atoms with E-state index in [1.807, 2.05) is 36.2 Å². The number of amides is 2. The van der Waals surface area contributed by atoms with Gasteiger partial charge >= 0.3 is 0 Å². The number of benzene rings is 1. The number of aryl methyl sites for hydroxylation is 2. The summed E-state index contributed by atoms with van der Waals surface area (Å²) in [4.78, 5) is 39.8. The number of para-hydroxylation sites is 1. The Balaban J connectivity index is 1.27. The Morgan fingerprint density at radius 3 is 2.70 bits per heavy atom. The molecule has 0 spiro atoms. The fourth-order valence-electron chi connectivity index (χ4n) is 4.27. The van der Waals surface area contributed by atoms with Crippen LogP contribution in [-0.2, 0) is 23.1 Å². The number of rotatable bonds is 3. The second-order valence-electron chi connectivity index (χ2n) is 7.68. The smallest absolute Gasteiger partial charge is 0.242 e. The normalized spacial score (nSPS) is 16.8. The molecule has 0 atom stereocenters. The second-order valence-corrected chi connectivity index (χ2v) is 7.68. The Kier molecular flexibility index (Phi) is 4.57. The van der Waals surface area contributed by atoms with Gasteiger partial charge in [-0.1, -0.05) is 18.2 Å². The Bertz CT molecular complexity index is 1120. The minimum atomic E-state index is -0.0195. The van der Waals surface area contributed by atoms with Crippen molar-refractivity contribution in [3.63, 3.8) is 0 Å². The molecule has 2 aliphatic rings. The molecule has 1 saturated heterocycles. The number of fused-ring (bicyclic) bond motifs is 2. The molecule has 2 aliphatic heterocycles. The van der Waals surface area contributed by atoms with E-state index in [-0.39, 0.29) is 18.4 Å². The lowest BCUT2D eigenvalue weighted by Crippen LogP contribution is -2.52. The molecule has 9 nitrogen and oxygen atoms in total. The Hall–Kier alpha value is -3.49. The summed E-state index contributed by atoms with van der Waals surface area (Å²) in [5, 5.41) is 5.18. The lowest BCUT2D eigenvalue weighted by atomic mass is 10.0. The SMILES string of the molecule is Cn1ncc2c(N3CCN(C(=O)CN4C(=O)CCc5ccccc54)CC3)ncnc21. The molecular formula is C21H23N7O2. The van der Waals surface area contributed by atoms with Gasteiger partial charge in [-0.25, -0.2) is 9.97 Å². The first-order valence-electron chi connectivity index (χ1n) is 10.2. The van der Waals surface area contributed by atoms with E-state index in [1.165, 1.54) is 0 Å².